The lowest BCUT2D eigenvalue weighted by Gasteiger charge is -2.20. The molecule has 4 nitrogen and oxygen atoms in total. The zero-order valence-electron chi connectivity index (χ0n) is 39.1. The topological polar surface area (TPSA) is 69.6 Å². The zero-order valence-corrected chi connectivity index (χ0v) is 39.1. The fourth-order valence-corrected chi connectivity index (χ4v) is 8.48. The first kappa shape index (κ1) is 56.1. The maximum Gasteiger partial charge on any atom is 0.220 e. The van der Waals surface area contributed by atoms with Gasteiger partial charge in [-0.2, -0.15) is 0 Å². The average molecular weight is 804 g/mol. The SMILES string of the molecule is CCCCCCCCCCCCCCCCCCCCCCCCCCCCCC/C=C/C(O)C(CO)NC(=O)CCCCCCCCCCCCCCCCC. The Labute approximate surface area is 358 Å². The summed E-state index contributed by atoms with van der Waals surface area (Å²) in [4.78, 5) is 12.4. The van der Waals surface area contributed by atoms with Gasteiger partial charge in [-0.25, -0.2) is 0 Å². The molecule has 0 bridgehead atoms. The van der Waals surface area contributed by atoms with Gasteiger partial charge in [0.1, 0.15) is 0 Å². The Kier molecular flexibility index (Phi) is 48.7. The molecule has 340 valence electrons. The van der Waals surface area contributed by atoms with Gasteiger partial charge in [0.25, 0.3) is 0 Å². The van der Waals surface area contributed by atoms with Crippen LogP contribution in [0.1, 0.15) is 303 Å². The monoisotopic (exact) mass is 804 g/mol. The Balaban J connectivity index is 3.43. The van der Waals surface area contributed by atoms with Crippen LogP contribution in [0.25, 0.3) is 0 Å². The Morgan fingerprint density at radius 3 is 0.912 bits per heavy atom. The first-order chi connectivity index (χ1) is 28.2. The second-order valence-electron chi connectivity index (χ2n) is 18.3. The van der Waals surface area contributed by atoms with Crippen LogP contribution in [0.3, 0.4) is 0 Å². The molecule has 57 heavy (non-hydrogen) atoms. The molecule has 3 N–H and O–H groups in total. The third kappa shape index (κ3) is 46.1. The van der Waals surface area contributed by atoms with Crippen LogP contribution in [0.5, 0.6) is 0 Å². The lowest BCUT2D eigenvalue weighted by molar-refractivity contribution is -0.123. The quantitative estimate of drug-likeness (QED) is 0.0424. The van der Waals surface area contributed by atoms with Crippen molar-refractivity contribution in [2.75, 3.05) is 6.61 Å². The van der Waals surface area contributed by atoms with E-state index in [4.69, 9.17) is 0 Å². The Morgan fingerprint density at radius 2 is 0.649 bits per heavy atom. The summed E-state index contributed by atoms with van der Waals surface area (Å²) >= 11 is 0. The van der Waals surface area contributed by atoms with Crippen molar-refractivity contribution in [3.63, 3.8) is 0 Å². The van der Waals surface area contributed by atoms with E-state index in [2.05, 4.69) is 19.2 Å². The molecule has 0 radical (unpaired) electrons. The minimum atomic E-state index is -0.834. The second-order valence-corrected chi connectivity index (χ2v) is 18.3. The number of carbonyl (C=O) groups excluding carboxylic acids is 1. The second kappa shape index (κ2) is 49.5. The van der Waals surface area contributed by atoms with Gasteiger partial charge in [-0.15, -0.1) is 0 Å². The third-order valence-electron chi connectivity index (χ3n) is 12.5. The van der Waals surface area contributed by atoms with E-state index in [0.717, 1.165) is 25.7 Å². The fourth-order valence-electron chi connectivity index (χ4n) is 8.48. The number of carbonyl (C=O) groups is 1. The van der Waals surface area contributed by atoms with Gasteiger partial charge in [0, 0.05) is 6.42 Å². The van der Waals surface area contributed by atoms with Gasteiger partial charge in [-0.1, -0.05) is 289 Å². The van der Waals surface area contributed by atoms with Gasteiger partial charge >= 0.3 is 0 Å². The molecule has 0 spiro atoms. The van der Waals surface area contributed by atoms with Crippen LogP contribution in [0.4, 0.5) is 0 Å². The smallest absolute Gasteiger partial charge is 0.220 e. The Hall–Kier alpha value is -0.870. The Morgan fingerprint density at radius 1 is 0.404 bits per heavy atom. The molecule has 0 rings (SSSR count). The fraction of sp³-hybridized carbons (Fsp3) is 0.943. The van der Waals surface area contributed by atoms with Gasteiger partial charge in [0.05, 0.1) is 18.8 Å². The van der Waals surface area contributed by atoms with Crippen molar-refractivity contribution in [3.8, 4) is 0 Å². The van der Waals surface area contributed by atoms with Gasteiger partial charge in [0.15, 0.2) is 0 Å². The zero-order chi connectivity index (χ0) is 41.4. The first-order valence-corrected chi connectivity index (χ1v) is 26.4. The maximum atomic E-state index is 12.4. The number of unbranched alkanes of at least 4 members (excludes halogenated alkanes) is 42. The largest absolute Gasteiger partial charge is 0.394 e. The van der Waals surface area contributed by atoms with E-state index in [0.29, 0.717) is 6.42 Å². The Bertz CT molecular complexity index is 784. The molecule has 0 aliphatic heterocycles. The summed E-state index contributed by atoms with van der Waals surface area (Å²) in [7, 11) is 0. The van der Waals surface area contributed by atoms with Crippen molar-refractivity contribution in [1.82, 2.24) is 5.32 Å². The number of allylic oxidation sites excluding steroid dienone is 1. The minimum Gasteiger partial charge on any atom is -0.394 e. The van der Waals surface area contributed by atoms with Crippen molar-refractivity contribution in [3.05, 3.63) is 12.2 Å². The van der Waals surface area contributed by atoms with Crippen LogP contribution in [-0.4, -0.2) is 34.9 Å². The van der Waals surface area contributed by atoms with Crippen molar-refractivity contribution in [2.45, 2.75) is 315 Å². The van der Waals surface area contributed by atoms with Gasteiger partial charge in [-0.05, 0) is 19.3 Å². The molecule has 0 aliphatic carbocycles. The summed E-state index contributed by atoms with van der Waals surface area (Å²) in [6.45, 7) is 4.34. The first-order valence-electron chi connectivity index (χ1n) is 26.4. The number of nitrogens with one attached hydrogen (secondary N) is 1. The van der Waals surface area contributed by atoms with Crippen LogP contribution in [-0.2, 0) is 4.79 Å². The van der Waals surface area contributed by atoms with E-state index in [-0.39, 0.29) is 12.5 Å². The number of aliphatic hydroxyl groups is 2. The van der Waals surface area contributed by atoms with Crippen LogP contribution >= 0.6 is 0 Å². The number of aliphatic hydroxyl groups excluding tert-OH is 2. The summed E-state index contributed by atoms with van der Waals surface area (Å²) in [5.41, 5.74) is 0. The van der Waals surface area contributed by atoms with Crippen LogP contribution < -0.4 is 5.32 Å². The highest BCUT2D eigenvalue weighted by molar-refractivity contribution is 5.76. The molecule has 0 aromatic rings. The minimum absolute atomic E-state index is 0.0584. The summed E-state index contributed by atoms with van der Waals surface area (Å²) in [5, 5.41) is 23.1. The molecular formula is C53H105NO3. The van der Waals surface area contributed by atoms with E-state index in [1.165, 1.54) is 257 Å². The molecule has 0 aliphatic rings. The molecule has 0 saturated carbocycles. The van der Waals surface area contributed by atoms with Gasteiger partial charge in [0.2, 0.25) is 5.91 Å². The van der Waals surface area contributed by atoms with Crippen LogP contribution in [0.2, 0.25) is 0 Å². The maximum absolute atomic E-state index is 12.4. The van der Waals surface area contributed by atoms with Crippen LogP contribution in [0, 0.1) is 0 Å². The highest BCUT2D eigenvalue weighted by atomic mass is 16.3. The molecular weight excluding hydrogens is 699 g/mol. The number of rotatable bonds is 49. The van der Waals surface area contributed by atoms with Crippen molar-refractivity contribution >= 4 is 5.91 Å². The molecule has 2 unspecified atom stereocenters. The van der Waals surface area contributed by atoms with E-state index in [1.54, 1.807) is 6.08 Å². The number of amides is 1. The molecule has 0 fully saturated rings. The van der Waals surface area contributed by atoms with Gasteiger partial charge < -0.3 is 15.5 Å². The van der Waals surface area contributed by atoms with Gasteiger partial charge in [-0.3, -0.25) is 4.79 Å². The third-order valence-corrected chi connectivity index (χ3v) is 12.5. The van der Waals surface area contributed by atoms with E-state index in [9.17, 15) is 15.0 Å². The van der Waals surface area contributed by atoms with Crippen molar-refractivity contribution in [2.24, 2.45) is 0 Å². The summed E-state index contributed by atoms with van der Waals surface area (Å²) < 4.78 is 0. The predicted octanol–water partition coefficient (Wildman–Crippen LogP) is 17.0. The van der Waals surface area contributed by atoms with E-state index in [1.807, 2.05) is 6.08 Å². The molecule has 0 saturated heterocycles. The average Bonchev–Trinajstić information content (AvgIpc) is 3.22. The molecule has 0 heterocycles. The molecule has 0 aromatic carbocycles. The lowest BCUT2D eigenvalue weighted by Crippen LogP contribution is -2.45. The highest BCUT2D eigenvalue weighted by Crippen LogP contribution is 2.17. The number of hydrogen-bond donors (Lipinski definition) is 3. The lowest BCUT2D eigenvalue weighted by atomic mass is 10.0. The molecule has 2 atom stereocenters. The standard InChI is InChI=1S/C53H105NO3/c1-3-5-7-9-11-13-15-17-19-20-21-22-23-24-25-26-27-28-29-30-31-32-33-35-36-38-40-42-44-46-48-52(56)51(50-55)54-53(57)49-47-45-43-41-39-37-34-18-16-14-12-10-8-6-4-2/h46,48,51-52,55-56H,3-45,47,49-50H2,1-2H3,(H,54,57)/b48-46+. The summed E-state index contributed by atoms with van der Waals surface area (Å²) in [6.07, 6.45) is 63.7. The highest BCUT2D eigenvalue weighted by Gasteiger charge is 2.18. The summed E-state index contributed by atoms with van der Waals surface area (Å²) in [6, 6.07) is -0.617. The summed E-state index contributed by atoms with van der Waals surface area (Å²) in [5.74, 6) is -0.0584. The molecule has 0 aromatic heterocycles. The van der Waals surface area contributed by atoms with E-state index >= 15 is 0 Å². The van der Waals surface area contributed by atoms with Crippen LogP contribution in [0.15, 0.2) is 12.2 Å². The normalized spacial score (nSPS) is 12.8. The predicted molar refractivity (Wildman–Crippen MR) is 253 cm³/mol. The van der Waals surface area contributed by atoms with Crippen molar-refractivity contribution in [1.29, 1.82) is 0 Å². The number of hydrogen-bond acceptors (Lipinski definition) is 3. The van der Waals surface area contributed by atoms with Crippen molar-refractivity contribution < 1.29 is 15.0 Å². The van der Waals surface area contributed by atoms with E-state index < -0.39 is 12.1 Å². The molecule has 4 heteroatoms. The molecule has 1 amide bonds.